The lowest BCUT2D eigenvalue weighted by Gasteiger charge is -2.34. The zero-order valence-corrected chi connectivity index (χ0v) is 16.1. The first-order valence-electron chi connectivity index (χ1n) is 10.1. The highest BCUT2D eigenvalue weighted by atomic mass is 31.2. The van der Waals surface area contributed by atoms with E-state index in [1.807, 2.05) is 0 Å². The summed E-state index contributed by atoms with van der Waals surface area (Å²) >= 11 is 0. The van der Waals surface area contributed by atoms with Gasteiger partial charge in [0.05, 0.1) is 10.7 Å². The minimum absolute atomic E-state index is 0.113. The van der Waals surface area contributed by atoms with Crippen LogP contribution in [0.2, 0.25) is 0 Å². The number of phosphoric ester groups is 1. The molecule has 1 aromatic carbocycles. The Labute approximate surface area is 170 Å². The lowest BCUT2D eigenvalue weighted by Crippen LogP contribution is -2.46. The van der Waals surface area contributed by atoms with Crippen molar-refractivity contribution in [3.63, 3.8) is 0 Å². The number of nitrogens with one attached hydrogen (secondary N) is 1. The van der Waals surface area contributed by atoms with E-state index in [-0.39, 0.29) is 23.8 Å². The van der Waals surface area contributed by atoms with Crippen LogP contribution in [0.4, 0.5) is 4.39 Å². The summed E-state index contributed by atoms with van der Waals surface area (Å²) in [6.45, 7) is 1.25. The number of para-hydroxylation sites is 1. The summed E-state index contributed by atoms with van der Waals surface area (Å²) in [7, 11) is -4.62. The van der Waals surface area contributed by atoms with Crippen molar-refractivity contribution < 1.29 is 41.3 Å². The summed E-state index contributed by atoms with van der Waals surface area (Å²) in [6, 6.07) is 6.37. The van der Waals surface area contributed by atoms with Crippen molar-refractivity contribution in [2.24, 2.45) is 0 Å². The number of ether oxygens (including phenoxy) is 1. The molecule has 0 spiro atoms. The number of nitrogens with zero attached hydrogens (tertiary/aromatic N) is 1. The molecule has 1 amide bonds. The minimum atomic E-state index is -4.62. The van der Waals surface area contributed by atoms with Crippen LogP contribution in [0.15, 0.2) is 48.4 Å². The van der Waals surface area contributed by atoms with Crippen LogP contribution in [0.1, 0.15) is 23.0 Å². The van der Waals surface area contributed by atoms with Crippen molar-refractivity contribution in [2.45, 2.75) is 38.1 Å². The van der Waals surface area contributed by atoms with Gasteiger partial charge in [0.1, 0.15) is 24.2 Å². The van der Waals surface area contributed by atoms with Crippen LogP contribution in [-0.4, -0.2) is 40.6 Å². The minimum Gasteiger partial charge on any atom is -0.404 e. The number of fused-ring (bicyclic) bond motifs is 1. The van der Waals surface area contributed by atoms with Gasteiger partial charge in [-0.15, -0.1) is 0 Å². The number of rotatable bonds is 4. The van der Waals surface area contributed by atoms with Gasteiger partial charge in [-0.25, -0.2) is 8.96 Å². The van der Waals surface area contributed by atoms with Crippen LogP contribution in [0.25, 0.3) is 0 Å². The second-order valence-electron chi connectivity index (χ2n) is 6.58. The van der Waals surface area contributed by atoms with Gasteiger partial charge in [0.2, 0.25) is 5.85 Å². The summed E-state index contributed by atoms with van der Waals surface area (Å²) in [6.07, 6.45) is -4.49. The summed E-state index contributed by atoms with van der Waals surface area (Å²) in [4.78, 5) is 12.6. The van der Waals surface area contributed by atoms with Crippen LogP contribution in [0, 0.1) is 0 Å². The van der Waals surface area contributed by atoms with Crippen molar-refractivity contribution in [3.8, 4) is 5.75 Å². The van der Waals surface area contributed by atoms with E-state index in [0.717, 1.165) is 11.1 Å². The van der Waals surface area contributed by atoms with Gasteiger partial charge in [0.25, 0.3) is 5.91 Å². The van der Waals surface area contributed by atoms with Crippen LogP contribution >= 0.6 is 7.82 Å². The van der Waals surface area contributed by atoms with Gasteiger partial charge >= 0.3 is 7.82 Å². The van der Waals surface area contributed by atoms with Gasteiger partial charge in [0.15, 0.2) is 6.20 Å². The Morgan fingerprint density at radius 1 is 1.59 bits per heavy atom. The molecule has 4 atom stereocenters. The predicted octanol–water partition coefficient (Wildman–Crippen LogP) is 2.30. The molecule has 1 unspecified atom stereocenters. The second-order valence-corrected chi connectivity index (χ2v) is 8.10. The Morgan fingerprint density at radius 2 is 2.34 bits per heavy atom. The predicted molar refractivity (Wildman–Crippen MR) is 97.6 cm³/mol. The number of halogens is 1. The molecular formula is C18H20FN2O7P. The maximum absolute atomic E-state index is 15.7. The number of benzene rings is 1. The van der Waals surface area contributed by atoms with E-state index >= 15 is 4.39 Å². The first kappa shape index (κ1) is 16.6. The third kappa shape index (κ3) is 3.94. The Kier molecular flexibility index (Phi) is 4.13. The first-order chi connectivity index (χ1) is 14.8. The largest absolute Gasteiger partial charge is 0.530 e. The molecule has 156 valence electrons. The van der Waals surface area contributed by atoms with E-state index < -0.39 is 44.9 Å². The summed E-state index contributed by atoms with van der Waals surface area (Å²) in [5.74, 6) is -4.03. The highest BCUT2D eigenvalue weighted by Crippen LogP contribution is 2.55. The number of hydrogen-bond acceptors (Lipinski definition) is 8. The smallest absolute Gasteiger partial charge is 0.404 e. The van der Waals surface area contributed by atoms with Crippen molar-refractivity contribution in [3.05, 3.63) is 54.0 Å². The number of hydrogen-bond donors (Lipinski definition) is 2. The Bertz CT molecular complexity index is 1070. The summed E-state index contributed by atoms with van der Waals surface area (Å²) < 4.78 is 73.2. The lowest BCUT2D eigenvalue weighted by molar-refractivity contribution is -0.184. The van der Waals surface area contributed by atoms with Crippen LogP contribution in [0.3, 0.4) is 0 Å². The average Bonchev–Trinajstić information content (AvgIpc) is 2.94. The maximum atomic E-state index is 15.7. The number of amides is 1. The van der Waals surface area contributed by atoms with E-state index in [1.165, 1.54) is 13.0 Å². The van der Waals surface area contributed by atoms with E-state index in [9.17, 15) is 14.5 Å². The van der Waals surface area contributed by atoms with Gasteiger partial charge < -0.3 is 24.6 Å². The average molecular weight is 429 g/mol. The standard InChI is InChI=1S/C18H20FN2O7P/c1-11-8-21(12(2)20-16(11)23)17-14(22)7-18(19,27-17)10-26-29(24)25-9-13-5-3-4-6-15(13)28-29/h3-6,8,14,17,22H,2,7,9-10H2,1H3,(H,20,23)/t14-,17-,18+,29?/m1/s1/i10D2,17D. The Hall–Kier alpha value is -2.23. The molecule has 29 heavy (non-hydrogen) atoms. The fourth-order valence-corrected chi connectivity index (χ4v) is 3.98. The van der Waals surface area contributed by atoms with Gasteiger partial charge in [0, 0.05) is 23.8 Å². The van der Waals surface area contributed by atoms with Crippen LogP contribution in [-0.2, 0) is 29.8 Å². The van der Waals surface area contributed by atoms with Crippen molar-refractivity contribution in [1.29, 1.82) is 0 Å². The Morgan fingerprint density at radius 3 is 3.14 bits per heavy atom. The Balaban J connectivity index is 1.59. The third-order valence-electron chi connectivity index (χ3n) is 4.35. The molecule has 0 bridgehead atoms. The number of phosphoric acid groups is 1. The number of carbonyl (C=O) groups is 1. The van der Waals surface area contributed by atoms with Gasteiger partial charge in [-0.1, -0.05) is 24.8 Å². The molecule has 1 fully saturated rings. The molecule has 2 N–H and O–H groups in total. The van der Waals surface area contributed by atoms with Crippen LogP contribution in [0.5, 0.6) is 5.75 Å². The molecular weight excluding hydrogens is 406 g/mol. The second kappa shape index (κ2) is 7.23. The van der Waals surface area contributed by atoms with E-state index in [0.29, 0.717) is 5.56 Å². The molecule has 0 radical (unpaired) electrons. The maximum Gasteiger partial charge on any atom is 0.530 e. The van der Waals surface area contributed by atoms with Gasteiger partial charge in [-0.3, -0.25) is 13.8 Å². The number of aliphatic hydroxyl groups excluding tert-OH is 1. The van der Waals surface area contributed by atoms with E-state index in [4.69, 9.17) is 22.4 Å². The topological polar surface area (TPSA) is 107 Å². The van der Waals surface area contributed by atoms with Crippen molar-refractivity contribution >= 4 is 13.7 Å². The molecule has 3 aliphatic rings. The van der Waals surface area contributed by atoms with Crippen molar-refractivity contribution in [2.75, 3.05) is 6.56 Å². The first-order valence-corrected chi connectivity index (χ1v) is 10.0. The van der Waals surface area contributed by atoms with Crippen molar-refractivity contribution in [1.82, 2.24) is 10.2 Å². The van der Waals surface area contributed by atoms with Gasteiger partial charge in [-0.2, -0.15) is 0 Å². The number of aliphatic hydroxyl groups is 1. The molecule has 3 aliphatic heterocycles. The fourth-order valence-electron chi connectivity index (χ4n) is 2.88. The highest BCUT2D eigenvalue weighted by Gasteiger charge is 2.51. The molecule has 9 nitrogen and oxygen atoms in total. The van der Waals surface area contributed by atoms with E-state index in [2.05, 4.69) is 11.9 Å². The summed E-state index contributed by atoms with van der Waals surface area (Å²) in [5.41, 5.74) is 0.645. The molecule has 3 heterocycles. The third-order valence-corrected chi connectivity index (χ3v) is 5.53. The quantitative estimate of drug-likeness (QED) is 0.703. The number of carbonyl (C=O) groups excluding carboxylic acids is 1. The van der Waals surface area contributed by atoms with Crippen LogP contribution < -0.4 is 9.84 Å². The SMILES string of the molecule is [2H]C([2H])(OP1(=O)OCc2ccccc2O1)[C@]1(F)C[C@@H](O)[C@]([2H])(N2C=C(C)C(=O)NC2=C)O1. The normalized spacial score (nSPS) is 38.9. The molecule has 4 rings (SSSR count). The monoisotopic (exact) mass is 429 g/mol. The number of alkyl halides is 1. The molecule has 0 aliphatic carbocycles. The molecule has 0 aromatic heterocycles. The lowest BCUT2D eigenvalue weighted by atomic mass is 10.1. The zero-order chi connectivity index (χ0) is 23.5. The molecule has 1 aromatic rings. The molecule has 1 saturated heterocycles. The molecule has 11 heteroatoms. The van der Waals surface area contributed by atoms with E-state index in [1.54, 1.807) is 18.2 Å². The highest BCUT2D eigenvalue weighted by molar-refractivity contribution is 7.49. The fraction of sp³-hybridized carbons (Fsp3) is 0.389. The van der Waals surface area contributed by atoms with Gasteiger partial charge in [-0.05, 0) is 13.0 Å². The molecule has 0 saturated carbocycles. The summed E-state index contributed by atoms with van der Waals surface area (Å²) in [5, 5.41) is 12.8. The zero-order valence-electron chi connectivity index (χ0n) is 18.3.